The van der Waals surface area contributed by atoms with Gasteiger partial charge in [-0.15, -0.1) is 11.8 Å². The van der Waals surface area contributed by atoms with Gasteiger partial charge in [-0.2, -0.15) is 13.2 Å². The number of rotatable bonds is 5. The van der Waals surface area contributed by atoms with E-state index in [0.717, 1.165) is 9.80 Å². The van der Waals surface area contributed by atoms with Gasteiger partial charge in [0.25, 0.3) is 0 Å². The average molecular weight is 382 g/mol. The largest absolute Gasteiger partial charge is 0.481 e. The van der Waals surface area contributed by atoms with Gasteiger partial charge in [0.2, 0.25) is 5.91 Å². The SMILES string of the molecule is O=C(CCSc1ccc(Cl)cc1)N1CCC(C(=O)O)(C(F)(F)F)C1. The molecule has 1 amide bonds. The van der Waals surface area contributed by atoms with E-state index in [1.54, 1.807) is 24.3 Å². The van der Waals surface area contributed by atoms with Crippen LogP contribution in [0.1, 0.15) is 12.8 Å². The quantitative estimate of drug-likeness (QED) is 0.790. The molecule has 0 bridgehead atoms. The molecule has 1 aromatic carbocycles. The first-order valence-corrected chi connectivity index (χ1v) is 8.48. The predicted molar refractivity (Wildman–Crippen MR) is 84.1 cm³/mol. The van der Waals surface area contributed by atoms with Crippen molar-refractivity contribution in [3.63, 3.8) is 0 Å². The Kier molecular flexibility index (Phi) is 5.70. The standard InChI is InChI=1S/C15H15ClF3NO3S/c16-10-1-3-11(4-2-10)24-8-5-12(21)20-7-6-14(9-20,13(22)23)15(17,18)19/h1-4H,5-9H2,(H,22,23). The normalized spacial score (nSPS) is 21.1. The molecule has 0 saturated carbocycles. The van der Waals surface area contributed by atoms with Gasteiger partial charge in [-0.05, 0) is 30.7 Å². The summed E-state index contributed by atoms with van der Waals surface area (Å²) < 4.78 is 39.2. The summed E-state index contributed by atoms with van der Waals surface area (Å²) in [4.78, 5) is 25.0. The number of thioether (sulfide) groups is 1. The molecular weight excluding hydrogens is 367 g/mol. The van der Waals surface area contributed by atoms with Crippen molar-refractivity contribution in [2.45, 2.75) is 23.9 Å². The first kappa shape index (κ1) is 18.9. The molecule has 4 nitrogen and oxygen atoms in total. The smallest absolute Gasteiger partial charge is 0.406 e. The lowest BCUT2D eigenvalue weighted by molar-refractivity contribution is -0.227. The molecule has 1 unspecified atom stereocenters. The maximum absolute atomic E-state index is 13.1. The van der Waals surface area contributed by atoms with E-state index in [1.165, 1.54) is 11.8 Å². The second kappa shape index (κ2) is 7.23. The number of carbonyl (C=O) groups excluding carboxylic acids is 1. The van der Waals surface area contributed by atoms with E-state index in [9.17, 15) is 22.8 Å². The molecule has 1 fully saturated rings. The lowest BCUT2D eigenvalue weighted by Gasteiger charge is -2.27. The Morgan fingerprint density at radius 2 is 1.92 bits per heavy atom. The Hall–Kier alpha value is -1.41. The number of aliphatic carboxylic acids is 1. The van der Waals surface area contributed by atoms with Crippen LogP contribution >= 0.6 is 23.4 Å². The van der Waals surface area contributed by atoms with Crippen LogP contribution in [0, 0.1) is 5.41 Å². The number of carboxylic acids is 1. The van der Waals surface area contributed by atoms with Crippen molar-refractivity contribution in [2.75, 3.05) is 18.8 Å². The van der Waals surface area contributed by atoms with Gasteiger partial charge in [0, 0.05) is 35.2 Å². The van der Waals surface area contributed by atoms with Gasteiger partial charge in [-0.1, -0.05) is 11.6 Å². The fourth-order valence-electron chi connectivity index (χ4n) is 2.49. The zero-order valence-corrected chi connectivity index (χ0v) is 14.0. The van der Waals surface area contributed by atoms with Crippen molar-refractivity contribution in [1.29, 1.82) is 0 Å². The Morgan fingerprint density at radius 1 is 1.29 bits per heavy atom. The zero-order valence-electron chi connectivity index (χ0n) is 12.5. The number of carbonyl (C=O) groups is 2. The Labute approximate surface area is 146 Å². The van der Waals surface area contributed by atoms with Crippen LogP contribution in [0.5, 0.6) is 0 Å². The van der Waals surface area contributed by atoms with Crippen LogP contribution < -0.4 is 0 Å². The molecule has 1 aromatic rings. The van der Waals surface area contributed by atoms with Crippen molar-refractivity contribution in [2.24, 2.45) is 5.41 Å². The van der Waals surface area contributed by atoms with Gasteiger partial charge < -0.3 is 10.0 Å². The summed E-state index contributed by atoms with van der Waals surface area (Å²) in [6, 6.07) is 6.98. The summed E-state index contributed by atoms with van der Waals surface area (Å²) in [6.07, 6.45) is -5.45. The summed E-state index contributed by atoms with van der Waals surface area (Å²) in [5, 5.41) is 9.56. The van der Waals surface area contributed by atoms with Crippen LogP contribution in [0.15, 0.2) is 29.2 Å². The molecule has 0 radical (unpaired) electrons. The fraction of sp³-hybridized carbons (Fsp3) is 0.467. The number of nitrogens with zero attached hydrogens (tertiary/aromatic N) is 1. The van der Waals surface area contributed by atoms with Gasteiger partial charge in [-0.25, -0.2) is 0 Å². The molecule has 24 heavy (non-hydrogen) atoms. The molecule has 9 heteroatoms. The molecule has 1 aliphatic heterocycles. The first-order valence-electron chi connectivity index (χ1n) is 7.12. The first-order chi connectivity index (χ1) is 11.2. The predicted octanol–water partition coefficient (Wildman–Crippen LogP) is 3.69. The fourth-order valence-corrected chi connectivity index (χ4v) is 3.46. The summed E-state index contributed by atoms with van der Waals surface area (Å²) in [5.41, 5.74) is -2.86. The number of halogens is 4. The molecule has 1 aliphatic rings. The molecule has 132 valence electrons. The third-order valence-corrected chi connectivity index (χ3v) is 5.24. The highest BCUT2D eigenvalue weighted by atomic mass is 35.5. The van der Waals surface area contributed by atoms with Crippen LogP contribution in [0.25, 0.3) is 0 Å². The number of alkyl halides is 3. The Bertz CT molecular complexity index is 623. The topological polar surface area (TPSA) is 57.6 Å². The molecular formula is C15H15ClF3NO3S. The summed E-state index contributed by atoms with van der Waals surface area (Å²) in [7, 11) is 0. The van der Waals surface area contributed by atoms with Crippen molar-refractivity contribution in [1.82, 2.24) is 4.90 Å². The number of hydrogen-bond donors (Lipinski definition) is 1. The lowest BCUT2D eigenvalue weighted by Crippen LogP contribution is -2.47. The highest BCUT2D eigenvalue weighted by Crippen LogP contribution is 2.45. The third-order valence-electron chi connectivity index (χ3n) is 3.97. The molecule has 2 rings (SSSR count). The van der Waals surface area contributed by atoms with E-state index in [4.69, 9.17) is 16.7 Å². The minimum absolute atomic E-state index is 0.0425. The number of carboxylic acid groups (broad SMARTS) is 1. The maximum Gasteiger partial charge on any atom is 0.406 e. The van der Waals surface area contributed by atoms with Crippen LogP contribution in [0.3, 0.4) is 0 Å². The molecule has 1 heterocycles. The number of likely N-dealkylation sites (tertiary alicyclic amines) is 1. The molecule has 1 saturated heterocycles. The van der Waals surface area contributed by atoms with Crippen molar-refractivity contribution < 1.29 is 27.9 Å². The molecule has 1 N–H and O–H groups in total. The van der Waals surface area contributed by atoms with Gasteiger partial charge >= 0.3 is 12.1 Å². The molecule has 1 atom stereocenters. The molecule has 0 aliphatic carbocycles. The monoisotopic (exact) mass is 381 g/mol. The van der Waals surface area contributed by atoms with E-state index < -0.39 is 36.4 Å². The molecule has 0 spiro atoms. The van der Waals surface area contributed by atoms with Crippen LogP contribution in [-0.4, -0.2) is 46.9 Å². The van der Waals surface area contributed by atoms with E-state index in [1.807, 2.05) is 0 Å². The summed E-state index contributed by atoms with van der Waals surface area (Å²) >= 11 is 7.14. The van der Waals surface area contributed by atoms with E-state index in [0.29, 0.717) is 10.8 Å². The van der Waals surface area contributed by atoms with E-state index in [2.05, 4.69) is 0 Å². The van der Waals surface area contributed by atoms with Gasteiger partial charge in [-0.3, -0.25) is 9.59 Å². The highest BCUT2D eigenvalue weighted by molar-refractivity contribution is 7.99. The maximum atomic E-state index is 13.1. The Morgan fingerprint density at radius 3 is 2.42 bits per heavy atom. The Balaban J connectivity index is 1.90. The number of amides is 1. The minimum atomic E-state index is -4.88. The number of hydrogen-bond acceptors (Lipinski definition) is 3. The van der Waals surface area contributed by atoms with Crippen LogP contribution in [0.4, 0.5) is 13.2 Å². The average Bonchev–Trinajstić information content (AvgIpc) is 2.96. The van der Waals surface area contributed by atoms with E-state index >= 15 is 0 Å². The second-order valence-electron chi connectivity index (χ2n) is 5.50. The third kappa shape index (κ3) is 3.97. The second-order valence-corrected chi connectivity index (χ2v) is 7.11. The zero-order chi connectivity index (χ0) is 18.0. The van der Waals surface area contributed by atoms with Crippen LogP contribution in [0.2, 0.25) is 5.02 Å². The van der Waals surface area contributed by atoms with Gasteiger partial charge in [0.15, 0.2) is 5.41 Å². The minimum Gasteiger partial charge on any atom is -0.481 e. The van der Waals surface area contributed by atoms with E-state index in [-0.39, 0.29) is 13.0 Å². The lowest BCUT2D eigenvalue weighted by atomic mass is 9.86. The molecule has 0 aromatic heterocycles. The summed E-state index contributed by atoms with van der Waals surface area (Å²) in [5.74, 6) is -2.01. The van der Waals surface area contributed by atoms with Gasteiger partial charge in [0.1, 0.15) is 0 Å². The van der Waals surface area contributed by atoms with Crippen molar-refractivity contribution in [3.05, 3.63) is 29.3 Å². The highest BCUT2D eigenvalue weighted by Gasteiger charge is 2.64. The van der Waals surface area contributed by atoms with Crippen molar-refractivity contribution >= 4 is 35.2 Å². The van der Waals surface area contributed by atoms with Crippen molar-refractivity contribution in [3.8, 4) is 0 Å². The summed E-state index contributed by atoms with van der Waals surface area (Å²) in [6.45, 7) is -1.02. The van der Waals surface area contributed by atoms with Crippen LogP contribution in [-0.2, 0) is 9.59 Å². The van der Waals surface area contributed by atoms with Gasteiger partial charge in [0.05, 0.1) is 0 Å². The number of benzene rings is 1.